The molecule has 0 radical (unpaired) electrons. The fourth-order valence-electron chi connectivity index (χ4n) is 4.03. The largest absolute Gasteiger partial charge is 0.462 e. The Hall–Kier alpha value is -4.65. The van der Waals surface area contributed by atoms with Crippen LogP contribution in [-0.4, -0.2) is 23.6 Å². The van der Waals surface area contributed by atoms with Gasteiger partial charge in [-0.15, -0.1) is 0 Å². The van der Waals surface area contributed by atoms with Crippen molar-refractivity contribution in [1.82, 2.24) is 10.3 Å². The number of anilines is 1. The summed E-state index contributed by atoms with van der Waals surface area (Å²) >= 11 is 0. The number of allylic oxidation sites excluding steroid dienone is 1. The fraction of sp³-hybridized carbons (Fsp3) is 0.185. The number of benzene rings is 2. The molecule has 1 aliphatic heterocycles. The minimum atomic E-state index is -4.61. The van der Waals surface area contributed by atoms with Crippen molar-refractivity contribution in [2.24, 2.45) is 0 Å². The van der Waals surface area contributed by atoms with E-state index < -0.39 is 29.8 Å². The molecule has 0 saturated carbocycles. The molecule has 1 atom stereocenters. The molecule has 2 amide bonds. The number of alkyl halides is 3. The van der Waals surface area contributed by atoms with Gasteiger partial charge in [-0.2, -0.15) is 18.4 Å². The Morgan fingerprint density at radius 2 is 1.92 bits per heavy atom. The number of aromatic nitrogens is 1. The predicted molar refractivity (Wildman–Crippen MR) is 128 cm³/mol. The van der Waals surface area contributed by atoms with Gasteiger partial charge in [-0.25, -0.2) is 9.59 Å². The van der Waals surface area contributed by atoms with Crippen LogP contribution in [0, 0.1) is 11.3 Å². The standard InChI is InChI=1S/C27H21F3N4O3/c1-17-23(25(35)37-13-11-19-4-3-12-32-16-19)24(20-9-7-18(15-31)8-10-20)33-26(36)34(17)22-6-2-5-21(14-22)27(28,29)30/h2-10,12,14,16,24H,11,13H2,1H3,(H,33,36). The van der Waals surface area contributed by atoms with Crippen molar-refractivity contribution >= 4 is 17.7 Å². The fourth-order valence-corrected chi connectivity index (χ4v) is 4.03. The zero-order valence-electron chi connectivity index (χ0n) is 19.6. The molecule has 0 aliphatic carbocycles. The van der Waals surface area contributed by atoms with Crippen LogP contribution in [0.2, 0.25) is 0 Å². The number of pyridine rings is 1. The highest BCUT2D eigenvalue weighted by Gasteiger charge is 2.38. The second-order valence-electron chi connectivity index (χ2n) is 8.25. The first-order chi connectivity index (χ1) is 17.7. The molecular formula is C27H21F3N4O3. The smallest absolute Gasteiger partial charge is 0.416 e. The van der Waals surface area contributed by atoms with Gasteiger partial charge in [0.1, 0.15) is 0 Å². The lowest BCUT2D eigenvalue weighted by Crippen LogP contribution is -2.48. The third-order valence-electron chi connectivity index (χ3n) is 5.86. The third kappa shape index (κ3) is 5.62. The van der Waals surface area contributed by atoms with E-state index in [0.29, 0.717) is 17.5 Å². The van der Waals surface area contributed by atoms with Gasteiger partial charge in [0.25, 0.3) is 0 Å². The Balaban J connectivity index is 1.71. The monoisotopic (exact) mass is 506 g/mol. The molecule has 1 aromatic heterocycles. The SMILES string of the molecule is CC1=C(C(=O)OCCc2cccnc2)C(c2ccc(C#N)cc2)NC(=O)N1c1cccc(C(F)(F)F)c1. The molecule has 0 bridgehead atoms. The number of hydrogen-bond donors (Lipinski definition) is 1. The summed E-state index contributed by atoms with van der Waals surface area (Å²) in [6, 6.07) is 14.5. The molecule has 0 fully saturated rings. The van der Waals surface area contributed by atoms with Crippen molar-refractivity contribution in [2.75, 3.05) is 11.5 Å². The van der Waals surface area contributed by atoms with Gasteiger partial charge in [-0.3, -0.25) is 9.88 Å². The van der Waals surface area contributed by atoms with Crippen molar-refractivity contribution in [1.29, 1.82) is 5.26 Å². The summed E-state index contributed by atoms with van der Waals surface area (Å²) in [5, 5.41) is 11.8. The Morgan fingerprint density at radius 3 is 2.57 bits per heavy atom. The second kappa shape index (κ2) is 10.5. The van der Waals surface area contributed by atoms with E-state index in [-0.39, 0.29) is 23.6 Å². The molecule has 4 rings (SSSR count). The summed E-state index contributed by atoms with van der Waals surface area (Å²) in [6.07, 6.45) is -0.941. The van der Waals surface area contributed by atoms with Crippen LogP contribution < -0.4 is 10.2 Å². The van der Waals surface area contributed by atoms with E-state index in [4.69, 9.17) is 10.00 Å². The van der Waals surface area contributed by atoms with E-state index in [2.05, 4.69) is 10.3 Å². The van der Waals surface area contributed by atoms with Gasteiger partial charge in [0.2, 0.25) is 0 Å². The number of halogens is 3. The number of urea groups is 1. The minimum absolute atomic E-state index is 0.0267. The summed E-state index contributed by atoms with van der Waals surface area (Å²) in [6.45, 7) is 1.51. The maximum atomic E-state index is 13.3. The molecule has 1 aliphatic rings. The van der Waals surface area contributed by atoms with Gasteiger partial charge < -0.3 is 10.1 Å². The number of nitriles is 1. The van der Waals surface area contributed by atoms with E-state index in [1.807, 2.05) is 12.1 Å². The summed E-state index contributed by atoms with van der Waals surface area (Å²) in [5.41, 5.74) is 0.959. The number of nitrogens with one attached hydrogen (secondary N) is 1. The molecule has 7 nitrogen and oxygen atoms in total. The van der Waals surface area contributed by atoms with E-state index in [0.717, 1.165) is 22.6 Å². The summed E-state index contributed by atoms with van der Waals surface area (Å²) < 4.78 is 45.5. The van der Waals surface area contributed by atoms with Crippen LogP contribution in [0.1, 0.15) is 35.2 Å². The lowest BCUT2D eigenvalue weighted by Gasteiger charge is -2.35. The van der Waals surface area contributed by atoms with Gasteiger partial charge in [0.15, 0.2) is 0 Å². The predicted octanol–water partition coefficient (Wildman–Crippen LogP) is 5.30. The summed E-state index contributed by atoms with van der Waals surface area (Å²) in [4.78, 5) is 31.5. The Labute approximate surface area is 210 Å². The molecule has 37 heavy (non-hydrogen) atoms. The Kier molecular flexibility index (Phi) is 7.25. The molecule has 0 saturated heterocycles. The van der Waals surface area contributed by atoms with Crippen LogP contribution in [0.15, 0.2) is 84.3 Å². The summed E-state index contributed by atoms with van der Waals surface area (Å²) in [7, 11) is 0. The van der Waals surface area contributed by atoms with Crippen molar-refractivity contribution in [3.63, 3.8) is 0 Å². The molecule has 10 heteroatoms. The van der Waals surface area contributed by atoms with E-state index >= 15 is 0 Å². The quantitative estimate of drug-likeness (QED) is 0.458. The molecule has 2 aromatic carbocycles. The maximum Gasteiger partial charge on any atom is 0.416 e. The van der Waals surface area contributed by atoms with Crippen LogP contribution in [0.5, 0.6) is 0 Å². The number of hydrogen-bond acceptors (Lipinski definition) is 5. The lowest BCUT2D eigenvalue weighted by molar-refractivity contribution is -0.139. The van der Waals surface area contributed by atoms with Crippen molar-refractivity contribution in [2.45, 2.75) is 25.6 Å². The molecule has 1 N–H and O–H groups in total. The highest BCUT2D eigenvalue weighted by molar-refractivity contribution is 6.03. The van der Waals surface area contributed by atoms with Crippen LogP contribution in [0.3, 0.4) is 0 Å². The van der Waals surface area contributed by atoms with Gasteiger partial charge in [-0.1, -0.05) is 24.3 Å². The number of ether oxygens (including phenoxy) is 1. The number of rotatable bonds is 6. The number of esters is 1. The van der Waals surface area contributed by atoms with E-state index in [1.54, 1.807) is 42.7 Å². The summed E-state index contributed by atoms with van der Waals surface area (Å²) in [5.74, 6) is -0.729. The number of amides is 2. The average molecular weight is 506 g/mol. The second-order valence-corrected chi connectivity index (χ2v) is 8.25. The minimum Gasteiger partial charge on any atom is -0.462 e. The van der Waals surface area contributed by atoms with Crippen LogP contribution >= 0.6 is 0 Å². The van der Waals surface area contributed by atoms with Crippen molar-refractivity contribution in [3.8, 4) is 6.07 Å². The Morgan fingerprint density at radius 1 is 1.16 bits per heavy atom. The zero-order valence-corrected chi connectivity index (χ0v) is 19.6. The first-order valence-electron chi connectivity index (χ1n) is 11.2. The Bertz CT molecular complexity index is 1380. The average Bonchev–Trinajstić information content (AvgIpc) is 2.88. The molecule has 3 aromatic rings. The first kappa shape index (κ1) is 25.4. The molecule has 1 unspecified atom stereocenters. The van der Waals surface area contributed by atoms with Gasteiger partial charge in [0.05, 0.1) is 41.1 Å². The maximum absolute atomic E-state index is 13.3. The van der Waals surface area contributed by atoms with Gasteiger partial charge in [0, 0.05) is 24.5 Å². The van der Waals surface area contributed by atoms with Crippen LogP contribution in [0.4, 0.5) is 23.7 Å². The lowest BCUT2D eigenvalue weighted by atomic mass is 9.94. The van der Waals surface area contributed by atoms with Crippen LogP contribution in [-0.2, 0) is 22.1 Å². The molecule has 188 valence electrons. The normalized spacial score (nSPS) is 15.7. The topological polar surface area (TPSA) is 95.3 Å². The first-order valence-corrected chi connectivity index (χ1v) is 11.2. The number of carbonyl (C=O) groups is 2. The van der Waals surface area contributed by atoms with Crippen LogP contribution in [0.25, 0.3) is 0 Å². The van der Waals surface area contributed by atoms with Gasteiger partial charge >= 0.3 is 18.2 Å². The number of carbonyl (C=O) groups excluding carboxylic acids is 2. The number of nitrogens with zero attached hydrogens (tertiary/aromatic N) is 3. The van der Waals surface area contributed by atoms with Crippen molar-refractivity contribution in [3.05, 3.63) is 107 Å². The molecular weight excluding hydrogens is 485 g/mol. The van der Waals surface area contributed by atoms with E-state index in [1.165, 1.54) is 19.1 Å². The van der Waals surface area contributed by atoms with Gasteiger partial charge in [-0.05, 0) is 54.4 Å². The third-order valence-corrected chi connectivity index (χ3v) is 5.86. The highest BCUT2D eigenvalue weighted by atomic mass is 19.4. The highest BCUT2D eigenvalue weighted by Crippen LogP contribution is 2.37. The zero-order chi connectivity index (χ0) is 26.6. The van der Waals surface area contributed by atoms with E-state index in [9.17, 15) is 22.8 Å². The van der Waals surface area contributed by atoms with Crippen molar-refractivity contribution < 1.29 is 27.5 Å². The molecule has 2 heterocycles. The molecule has 0 spiro atoms.